The molecule has 12 rings (SSSR count). The molecule has 0 N–H and O–H groups in total. The Kier molecular flexibility index (Phi) is 9.72. The third-order valence-electron chi connectivity index (χ3n) is 14.3. The van der Waals surface area contributed by atoms with Gasteiger partial charge in [0.25, 0.3) is 0 Å². The summed E-state index contributed by atoms with van der Waals surface area (Å²) >= 11 is 0. The van der Waals surface area contributed by atoms with Crippen molar-refractivity contribution in [1.29, 1.82) is 5.26 Å². The van der Waals surface area contributed by atoms with Crippen LogP contribution in [0.25, 0.3) is 115 Å². The zero-order valence-electron chi connectivity index (χ0n) is 40.3. The summed E-state index contributed by atoms with van der Waals surface area (Å²) in [6.45, 7) is 21.9. The normalized spacial score (nSPS) is 12.1. The summed E-state index contributed by atoms with van der Waals surface area (Å²) in [5, 5.41) is 19.4. The van der Waals surface area contributed by atoms with Gasteiger partial charge in [-0.2, -0.15) is 5.26 Å². The van der Waals surface area contributed by atoms with Crippen molar-refractivity contribution in [2.45, 2.75) is 52.4 Å². The fourth-order valence-corrected chi connectivity index (χ4v) is 11.3. The fourth-order valence-electron chi connectivity index (χ4n) is 11.3. The molecule has 0 aliphatic heterocycles. The summed E-state index contributed by atoms with van der Waals surface area (Å²) in [7, 11) is 0. The van der Waals surface area contributed by atoms with Crippen LogP contribution in [0.2, 0.25) is 0 Å². The van der Waals surface area contributed by atoms with Gasteiger partial charge in [-0.3, -0.25) is 0 Å². The number of nitrogens with zero attached hydrogens (tertiary/aromatic N) is 4. The molecule has 10 aromatic carbocycles. The number of fused-ring (bicyclic) bond motifs is 8. The molecule has 0 saturated heterocycles. The van der Waals surface area contributed by atoms with Gasteiger partial charge in [0.1, 0.15) is 0 Å². The first-order valence-electron chi connectivity index (χ1n) is 24.1. The molecule has 0 spiro atoms. The average Bonchev–Trinajstić information content (AvgIpc) is 3.88. The van der Waals surface area contributed by atoms with Crippen molar-refractivity contribution in [3.8, 4) is 50.8 Å². The molecule has 0 saturated carbocycles. The van der Waals surface area contributed by atoms with Crippen molar-refractivity contribution in [3.05, 3.63) is 222 Å². The molecule has 0 bridgehead atoms. The Morgan fingerprint density at radius 3 is 1.16 bits per heavy atom. The predicted molar refractivity (Wildman–Crippen MR) is 295 cm³/mol. The molecule has 12 aromatic rings. The van der Waals surface area contributed by atoms with Crippen molar-refractivity contribution in [2.75, 3.05) is 0 Å². The van der Waals surface area contributed by atoms with E-state index in [-0.39, 0.29) is 10.8 Å². The number of aromatic nitrogens is 2. The minimum atomic E-state index is -0.150. The smallest absolute Gasteiger partial charge is 0.188 e. The number of hydrogen-bond donors (Lipinski definition) is 0. The van der Waals surface area contributed by atoms with Crippen LogP contribution in [0.4, 0.5) is 5.69 Å². The summed E-state index contributed by atoms with van der Waals surface area (Å²) in [5.41, 5.74) is 17.3. The van der Waals surface area contributed by atoms with Gasteiger partial charge < -0.3 is 9.13 Å². The van der Waals surface area contributed by atoms with E-state index in [1.54, 1.807) is 0 Å². The van der Waals surface area contributed by atoms with Gasteiger partial charge in [0, 0.05) is 27.5 Å². The summed E-state index contributed by atoms with van der Waals surface area (Å²) in [4.78, 5) is 3.81. The van der Waals surface area contributed by atoms with Gasteiger partial charge >= 0.3 is 0 Å². The van der Waals surface area contributed by atoms with Crippen LogP contribution in [0, 0.1) is 17.9 Å². The highest BCUT2D eigenvalue weighted by Crippen LogP contribution is 2.47. The number of hydrogen-bond acceptors (Lipinski definition) is 1. The molecule has 0 atom stereocenters. The van der Waals surface area contributed by atoms with Crippen molar-refractivity contribution < 1.29 is 0 Å². The Labute approximate surface area is 408 Å². The van der Waals surface area contributed by atoms with Crippen molar-refractivity contribution in [3.63, 3.8) is 0 Å². The average molecular weight is 899 g/mol. The lowest BCUT2D eigenvalue weighted by Gasteiger charge is -2.31. The lowest BCUT2D eigenvalue weighted by Crippen LogP contribution is -2.17. The molecule has 0 unspecified atom stereocenters. The van der Waals surface area contributed by atoms with Gasteiger partial charge in [-0.05, 0) is 173 Å². The van der Waals surface area contributed by atoms with Crippen LogP contribution >= 0.6 is 0 Å². The topological polar surface area (TPSA) is 38.0 Å². The molecule has 0 amide bonds. The van der Waals surface area contributed by atoms with Gasteiger partial charge in [-0.1, -0.05) is 145 Å². The largest absolute Gasteiger partial charge is 0.309 e. The maximum absolute atomic E-state index is 9.83. The number of para-hydroxylation sites is 2. The molecule has 2 aromatic heterocycles. The molecular formula is C66H50N4. The number of rotatable bonds is 5. The third kappa shape index (κ3) is 6.87. The van der Waals surface area contributed by atoms with Crippen LogP contribution in [-0.2, 0) is 10.8 Å². The molecule has 4 heteroatoms. The van der Waals surface area contributed by atoms with Crippen molar-refractivity contribution >= 4 is 70.8 Å². The Morgan fingerprint density at radius 1 is 0.371 bits per heavy atom. The quantitative estimate of drug-likeness (QED) is 0.125. The highest BCUT2D eigenvalue weighted by molar-refractivity contribution is 6.14. The predicted octanol–water partition coefficient (Wildman–Crippen LogP) is 18.2. The molecule has 4 nitrogen and oxygen atoms in total. The van der Waals surface area contributed by atoms with E-state index in [1.165, 1.54) is 49.4 Å². The van der Waals surface area contributed by atoms with Crippen LogP contribution in [0.15, 0.2) is 194 Å². The van der Waals surface area contributed by atoms with Crippen LogP contribution in [0.3, 0.4) is 0 Å². The van der Waals surface area contributed by atoms with E-state index in [1.807, 2.05) is 36.4 Å². The molecule has 70 heavy (non-hydrogen) atoms. The molecule has 334 valence electrons. The van der Waals surface area contributed by atoms with Gasteiger partial charge in [0.05, 0.1) is 40.3 Å². The Morgan fingerprint density at radius 2 is 0.729 bits per heavy atom. The Hall–Kier alpha value is -8.70. The second-order valence-electron chi connectivity index (χ2n) is 20.8. The summed E-state index contributed by atoms with van der Waals surface area (Å²) < 4.78 is 4.60. The first-order valence-corrected chi connectivity index (χ1v) is 24.1. The van der Waals surface area contributed by atoms with Gasteiger partial charge in [0.2, 0.25) is 0 Å². The first-order chi connectivity index (χ1) is 33.9. The highest BCUT2D eigenvalue weighted by Gasteiger charge is 2.28. The molecule has 0 fully saturated rings. The van der Waals surface area contributed by atoms with E-state index < -0.39 is 0 Å². The second-order valence-corrected chi connectivity index (χ2v) is 20.8. The summed E-state index contributed by atoms with van der Waals surface area (Å²) in [6.07, 6.45) is 0. The summed E-state index contributed by atoms with van der Waals surface area (Å²) in [5.74, 6) is 0. The lowest BCUT2D eigenvalue weighted by atomic mass is 9.73. The zero-order chi connectivity index (χ0) is 48.1. The van der Waals surface area contributed by atoms with E-state index in [0.29, 0.717) is 11.3 Å². The third-order valence-corrected chi connectivity index (χ3v) is 14.3. The van der Waals surface area contributed by atoms with Crippen LogP contribution < -0.4 is 0 Å². The molecule has 0 radical (unpaired) electrons. The second kappa shape index (κ2) is 16.0. The van der Waals surface area contributed by atoms with E-state index in [2.05, 4.69) is 219 Å². The van der Waals surface area contributed by atoms with Crippen LogP contribution in [0.1, 0.15) is 58.2 Å². The SMILES string of the molecule is [C-]#[N+]c1ccc2c(c1)c1cc(-c3ccc4c(C(C)(C)C)c5cc(-c6ccc(-c7ccc8c(c7)c7cc(C#N)ccc7n8-c7ccccc7)cc6)ccc5c(C(C)(C)C)c4c3)ccc1n2-c1ccccc1. The van der Waals surface area contributed by atoms with E-state index in [0.717, 1.165) is 71.7 Å². The molecule has 0 aliphatic rings. The fraction of sp³-hybridized carbons (Fsp3) is 0.121. The monoisotopic (exact) mass is 898 g/mol. The van der Waals surface area contributed by atoms with Crippen LogP contribution in [-0.4, -0.2) is 9.13 Å². The van der Waals surface area contributed by atoms with Gasteiger partial charge in [-0.25, -0.2) is 4.85 Å². The van der Waals surface area contributed by atoms with Gasteiger partial charge in [0.15, 0.2) is 5.69 Å². The van der Waals surface area contributed by atoms with E-state index in [4.69, 9.17) is 6.57 Å². The van der Waals surface area contributed by atoms with E-state index >= 15 is 0 Å². The maximum atomic E-state index is 9.83. The van der Waals surface area contributed by atoms with E-state index in [9.17, 15) is 5.26 Å². The number of nitriles is 1. The summed E-state index contributed by atoms with van der Waals surface area (Å²) in [6, 6.07) is 72.0. The van der Waals surface area contributed by atoms with Gasteiger partial charge in [-0.15, -0.1) is 0 Å². The van der Waals surface area contributed by atoms with Crippen molar-refractivity contribution in [1.82, 2.24) is 9.13 Å². The number of benzene rings is 10. The standard InChI is InChI=1S/C66H50N4/c1-65(2,3)63-52-29-24-46(47-26-32-61-55(36-47)56-39-48(68-7)27-33-62(56)70(61)50-16-12-9-13-17-50)38-58(52)64(66(4,5)6)51-28-23-44(37-57(51)63)42-19-21-43(22-20-42)45-25-31-60-54(35-45)53-34-41(40-67)18-30-59(53)69(60)49-14-10-8-11-15-49/h8-39H,1-6H3. The molecule has 0 aliphatic carbocycles. The van der Waals surface area contributed by atoms with Crippen molar-refractivity contribution in [2.24, 2.45) is 0 Å². The minimum absolute atomic E-state index is 0.147. The Balaban J connectivity index is 0.970. The Bertz CT molecular complexity index is 4180. The maximum Gasteiger partial charge on any atom is 0.188 e. The lowest BCUT2D eigenvalue weighted by molar-refractivity contribution is 0.593. The van der Waals surface area contributed by atoms with Crippen LogP contribution in [0.5, 0.6) is 0 Å². The molecular weight excluding hydrogens is 849 g/mol. The zero-order valence-corrected chi connectivity index (χ0v) is 40.3. The minimum Gasteiger partial charge on any atom is -0.309 e. The highest BCUT2D eigenvalue weighted by atomic mass is 15.0. The first kappa shape index (κ1) is 42.6. The molecule has 2 heterocycles.